The minimum atomic E-state index is -0.142. The van der Waals surface area contributed by atoms with Crippen LogP contribution in [0.4, 0.5) is 0 Å². The molecular formula is C10H11ClN2O. The second kappa shape index (κ2) is 4.77. The van der Waals surface area contributed by atoms with E-state index >= 15 is 0 Å². The number of aromatic nitrogens is 1. The highest BCUT2D eigenvalue weighted by molar-refractivity contribution is 6.33. The summed E-state index contributed by atoms with van der Waals surface area (Å²) in [5.41, 5.74) is 0.423. The fourth-order valence-electron chi connectivity index (χ4n) is 0.876. The fourth-order valence-corrected chi connectivity index (χ4v) is 1.09. The van der Waals surface area contributed by atoms with Gasteiger partial charge in [0.1, 0.15) is 5.15 Å². The van der Waals surface area contributed by atoms with Crippen LogP contribution in [-0.4, -0.2) is 29.8 Å². The molecule has 1 aromatic heterocycles. The highest BCUT2D eigenvalue weighted by atomic mass is 35.5. The number of carbonyl (C=O) groups excluding carboxylic acids is 1. The van der Waals surface area contributed by atoms with Gasteiger partial charge < -0.3 is 4.90 Å². The van der Waals surface area contributed by atoms with Crippen LogP contribution in [0.15, 0.2) is 30.6 Å². The van der Waals surface area contributed by atoms with Gasteiger partial charge >= 0.3 is 0 Å². The smallest absolute Gasteiger partial charge is 0.190 e. The maximum absolute atomic E-state index is 11.5. The van der Waals surface area contributed by atoms with Crippen molar-refractivity contribution in [2.24, 2.45) is 0 Å². The molecule has 0 N–H and O–H groups in total. The average molecular weight is 211 g/mol. The summed E-state index contributed by atoms with van der Waals surface area (Å²) in [4.78, 5) is 17.1. The third-order valence-electron chi connectivity index (χ3n) is 1.55. The molecule has 74 valence electrons. The van der Waals surface area contributed by atoms with Gasteiger partial charge in [-0.1, -0.05) is 11.6 Å². The molecule has 0 unspecified atom stereocenters. The molecule has 0 amide bonds. The zero-order valence-electron chi connectivity index (χ0n) is 8.07. The van der Waals surface area contributed by atoms with Gasteiger partial charge in [0, 0.05) is 32.6 Å². The summed E-state index contributed by atoms with van der Waals surface area (Å²) in [6.07, 6.45) is 4.68. The van der Waals surface area contributed by atoms with E-state index in [9.17, 15) is 4.79 Å². The lowest BCUT2D eigenvalue weighted by atomic mass is 10.2. The maximum Gasteiger partial charge on any atom is 0.190 e. The van der Waals surface area contributed by atoms with E-state index in [1.807, 2.05) is 14.1 Å². The van der Waals surface area contributed by atoms with Crippen LogP contribution in [-0.2, 0) is 0 Å². The number of ketones is 1. The largest absolute Gasteiger partial charge is 0.383 e. The minimum Gasteiger partial charge on any atom is -0.383 e. The van der Waals surface area contributed by atoms with Gasteiger partial charge in [-0.3, -0.25) is 4.79 Å². The quantitative estimate of drug-likeness (QED) is 0.435. The zero-order chi connectivity index (χ0) is 10.6. The third kappa shape index (κ3) is 2.85. The average Bonchev–Trinajstić information content (AvgIpc) is 2.15. The van der Waals surface area contributed by atoms with Crippen molar-refractivity contribution in [3.63, 3.8) is 0 Å². The first-order valence-corrected chi connectivity index (χ1v) is 4.48. The van der Waals surface area contributed by atoms with Gasteiger partial charge in [0.15, 0.2) is 5.78 Å². The lowest BCUT2D eigenvalue weighted by molar-refractivity contribution is 0.104. The molecule has 0 atom stereocenters. The van der Waals surface area contributed by atoms with E-state index in [1.54, 1.807) is 29.4 Å². The molecule has 1 heterocycles. The van der Waals surface area contributed by atoms with E-state index < -0.39 is 0 Å². The van der Waals surface area contributed by atoms with Gasteiger partial charge in [0.25, 0.3) is 0 Å². The summed E-state index contributed by atoms with van der Waals surface area (Å²) in [7, 11) is 3.68. The van der Waals surface area contributed by atoms with E-state index in [1.165, 1.54) is 6.08 Å². The first-order valence-electron chi connectivity index (χ1n) is 4.10. The van der Waals surface area contributed by atoms with Gasteiger partial charge in [-0.05, 0) is 12.1 Å². The van der Waals surface area contributed by atoms with E-state index in [-0.39, 0.29) is 10.9 Å². The van der Waals surface area contributed by atoms with Crippen molar-refractivity contribution >= 4 is 17.4 Å². The molecule has 0 saturated carbocycles. The normalized spacial score (nSPS) is 10.5. The molecule has 0 bridgehead atoms. The molecule has 0 saturated heterocycles. The van der Waals surface area contributed by atoms with Crippen molar-refractivity contribution in [1.82, 2.24) is 9.88 Å². The Bertz CT molecular complexity index is 361. The Hall–Kier alpha value is -1.35. The first-order chi connectivity index (χ1) is 6.61. The Morgan fingerprint density at radius 2 is 2.29 bits per heavy atom. The van der Waals surface area contributed by atoms with E-state index in [2.05, 4.69) is 4.98 Å². The van der Waals surface area contributed by atoms with Crippen LogP contribution in [0.2, 0.25) is 5.15 Å². The molecule has 0 fully saturated rings. The Kier molecular flexibility index (Phi) is 3.65. The fraction of sp³-hybridized carbons (Fsp3) is 0.200. The monoisotopic (exact) mass is 210 g/mol. The molecule has 1 aromatic rings. The number of carbonyl (C=O) groups is 1. The van der Waals surface area contributed by atoms with Crippen molar-refractivity contribution in [3.8, 4) is 0 Å². The molecule has 1 rings (SSSR count). The van der Waals surface area contributed by atoms with Crippen LogP contribution in [0.25, 0.3) is 0 Å². The predicted molar refractivity (Wildman–Crippen MR) is 56.4 cm³/mol. The molecule has 0 aromatic carbocycles. The topological polar surface area (TPSA) is 33.2 Å². The number of halogens is 1. The standard InChI is InChI=1S/C10H11ClN2O/c1-13(2)7-5-9(14)8-4-3-6-12-10(8)11/h3-7H,1-2H3/b7-5-. The molecular weight excluding hydrogens is 200 g/mol. The lowest BCUT2D eigenvalue weighted by Crippen LogP contribution is -2.03. The number of pyridine rings is 1. The van der Waals surface area contributed by atoms with E-state index in [0.717, 1.165) is 0 Å². The summed E-state index contributed by atoms with van der Waals surface area (Å²) in [6.45, 7) is 0. The maximum atomic E-state index is 11.5. The van der Waals surface area contributed by atoms with Crippen molar-refractivity contribution in [2.45, 2.75) is 0 Å². The van der Waals surface area contributed by atoms with Gasteiger partial charge in [0.2, 0.25) is 0 Å². The summed E-state index contributed by atoms with van der Waals surface area (Å²) < 4.78 is 0. The molecule has 0 radical (unpaired) electrons. The number of rotatable bonds is 3. The van der Waals surface area contributed by atoms with Crippen LogP contribution in [0, 0.1) is 0 Å². The Morgan fingerprint density at radius 1 is 1.57 bits per heavy atom. The second-order valence-electron chi connectivity index (χ2n) is 2.99. The highest BCUT2D eigenvalue weighted by Gasteiger charge is 2.06. The number of hydrogen-bond acceptors (Lipinski definition) is 3. The second-order valence-corrected chi connectivity index (χ2v) is 3.34. The Balaban J connectivity index is 2.85. The van der Waals surface area contributed by atoms with Gasteiger partial charge in [-0.15, -0.1) is 0 Å². The van der Waals surface area contributed by atoms with Crippen LogP contribution >= 0.6 is 11.6 Å². The van der Waals surface area contributed by atoms with E-state index in [4.69, 9.17) is 11.6 Å². The number of hydrogen-bond donors (Lipinski definition) is 0. The van der Waals surface area contributed by atoms with Crippen molar-refractivity contribution in [2.75, 3.05) is 14.1 Å². The minimum absolute atomic E-state index is 0.142. The van der Waals surface area contributed by atoms with Gasteiger partial charge in [-0.25, -0.2) is 4.98 Å². The molecule has 0 aliphatic rings. The molecule has 14 heavy (non-hydrogen) atoms. The van der Waals surface area contributed by atoms with Crippen LogP contribution in [0.1, 0.15) is 10.4 Å². The van der Waals surface area contributed by atoms with Crippen molar-refractivity contribution < 1.29 is 4.79 Å². The number of allylic oxidation sites excluding steroid dienone is 1. The zero-order valence-corrected chi connectivity index (χ0v) is 8.82. The van der Waals surface area contributed by atoms with Gasteiger partial charge in [0.05, 0.1) is 5.56 Å². The van der Waals surface area contributed by atoms with Crippen molar-refractivity contribution in [1.29, 1.82) is 0 Å². The van der Waals surface area contributed by atoms with Crippen LogP contribution < -0.4 is 0 Å². The summed E-state index contributed by atoms with van der Waals surface area (Å²) in [5.74, 6) is -0.142. The highest BCUT2D eigenvalue weighted by Crippen LogP contribution is 2.12. The molecule has 0 spiro atoms. The summed E-state index contributed by atoms with van der Waals surface area (Å²) in [6, 6.07) is 3.33. The molecule has 3 nitrogen and oxygen atoms in total. The van der Waals surface area contributed by atoms with E-state index in [0.29, 0.717) is 5.56 Å². The lowest BCUT2D eigenvalue weighted by Gasteiger charge is -2.03. The first kappa shape index (κ1) is 10.7. The SMILES string of the molecule is CN(C)/C=C\C(=O)c1cccnc1Cl. The Morgan fingerprint density at radius 3 is 2.86 bits per heavy atom. The van der Waals surface area contributed by atoms with Gasteiger partial charge in [-0.2, -0.15) is 0 Å². The summed E-state index contributed by atoms with van der Waals surface area (Å²) in [5, 5.41) is 0.237. The molecule has 4 heteroatoms. The van der Waals surface area contributed by atoms with Crippen LogP contribution in [0.3, 0.4) is 0 Å². The summed E-state index contributed by atoms with van der Waals surface area (Å²) >= 11 is 5.75. The number of nitrogens with zero attached hydrogens (tertiary/aromatic N) is 2. The van der Waals surface area contributed by atoms with Crippen LogP contribution in [0.5, 0.6) is 0 Å². The third-order valence-corrected chi connectivity index (χ3v) is 1.85. The molecule has 0 aliphatic heterocycles. The predicted octanol–water partition coefficient (Wildman–Crippen LogP) is 1.99. The molecule has 0 aliphatic carbocycles. The van der Waals surface area contributed by atoms with Crippen molar-refractivity contribution in [3.05, 3.63) is 41.3 Å². The Labute approximate surface area is 88.0 Å².